The van der Waals surface area contributed by atoms with Crippen LogP contribution in [0.4, 0.5) is 0 Å². The molecule has 1 amide bonds. The smallest absolute Gasteiger partial charge is 0.312 e. The van der Waals surface area contributed by atoms with Gasteiger partial charge in [-0.3, -0.25) is 9.59 Å². The quantitative estimate of drug-likeness (QED) is 0.739. The second-order valence-corrected chi connectivity index (χ2v) is 5.51. The summed E-state index contributed by atoms with van der Waals surface area (Å²) in [5, 5.41) is 3.12. The van der Waals surface area contributed by atoms with Crippen LogP contribution < -0.4 is 5.32 Å². The van der Waals surface area contributed by atoms with E-state index in [1.54, 1.807) is 13.8 Å². The molecule has 5 nitrogen and oxygen atoms in total. The number of carbonyl (C=O) groups excluding carboxylic acids is 2. The van der Waals surface area contributed by atoms with Crippen LogP contribution in [0.1, 0.15) is 33.6 Å². The molecule has 5 heteroatoms. The molecule has 0 saturated carbocycles. The van der Waals surface area contributed by atoms with Crippen LogP contribution in [-0.4, -0.2) is 49.6 Å². The first kappa shape index (κ1) is 15.0. The number of nitrogens with one attached hydrogen (secondary N) is 1. The molecule has 0 aliphatic carbocycles. The molecule has 1 saturated heterocycles. The third-order valence-electron chi connectivity index (χ3n) is 3.38. The number of esters is 1. The highest BCUT2D eigenvalue weighted by Gasteiger charge is 2.30. The Morgan fingerprint density at radius 2 is 1.89 bits per heavy atom. The minimum atomic E-state index is -0.617. The van der Waals surface area contributed by atoms with Crippen LogP contribution in [0.5, 0.6) is 0 Å². The molecule has 1 aliphatic rings. The second-order valence-electron chi connectivity index (χ2n) is 5.51. The van der Waals surface area contributed by atoms with E-state index in [9.17, 15) is 9.59 Å². The molecule has 1 rings (SSSR count). The number of rotatable bonds is 5. The number of nitrogens with zero attached hydrogens (tertiary/aromatic N) is 1. The fourth-order valence-corrected chi connectivity index (χ4v) is 2.06. The Kier molecular flexibility index (Phi) is 5.14. The molecule has 104 valence electrons. The largest absolute Gasteiger partial charge is 0.469 e. The lowest BCUT2D eigenvalue weighted by Crippen LogP contribution is -2.48. The zero-order chi connectivity index (χ0) is 13.8. The summed E-state index contributed by atoms with van der Waals surface area (Å²) in [5.41, 5.74) is -0.617. The number of amides is 1. The summed E-state index contributed by atoms with van der Waals surface area (Å²) in [6, 6.07) is -0.257. The Morgan fingerprint density at radius 1 is 1.33 bits per heavy atom. The molecule has 1 atom stereocenters. The Labute approximate surface area is 109 Å². The van der Waals surface area contributed by atoms with E-state index >= 15 is 0 Å². The van der Waals surface area contributed by atoms with E-state index in [-0.39, 0.29) is 17.9 Å². The molecular formula is C13H24N2O3. The van der Waals surface area contributed by atoms with E-state index in [1.165, 1.54) is 7.11 Å². The van der Waals surface area contributed by atoms with E-state index < -0.39 is 5.41 Å². The summed E-state index contributed by atoms with van der Waals surface area (Å²) in [6.07, 6.45) is 2.18. The van der Waals surface area contributed by atoms with Gasteiger partial charge in [0.05, 0.1) is 18.6 Å². The van der Waals surface area contributed by atoms with Crippen LogP contribution in [0.25, 0.3) is 0 Å². The average Bonchev–Trinajstić information content (AvgIpc) is 2.87. The summed E-state index contributed by atoms with van der Waals surface area (Å²) in [5.74, 6) is -0.149. The zero-order valence-electron chi connectivity index (χ0n) is 11.8. The Hall–Kier alpha value is -1.10. The van der Waals surface area contributed by atoms with Crippen molar-refractivity contribution in [2.75, 3.05) is 26.7 Å². The van der Waals surface area contributed by atoms with Crippen molar-refractivity contribution in [3.05, 3.63) is 0 Å². The first-order valence-corrected chi connectivity index (χ1v) is 6.49. The predicted octanol–water partition coefficient (Wildman–Crippen LogP) is 0.786. The van der Waals surface area contributed by atoms with Crippen molar-refractivity contribution in [2.24, 2.45) is 5.41 Å². The first-order chi connectivity index (χ1) is 8.38. The summed E-state index contributed by atoms with van der Waals surface area (Å²) >= 11 is 0. The van der Waals surface area contributed by atoms with Crippen molar-refractivity contribution in [1.29, 1.82) is 0 Å². The summed E-state index contributed by atoms with van der Waals surface area (Å²) in [6.45, 7) is 7.59. The van der Waals surface area contributed by atoms with E-state index in [4.69, 9.17) is 4.74 Å². The minimum Gasteiger partial charge on any atom is -0.469 e. The van der Waals surface area contributed by atoms with Crippen molar-refractivity contribution >= 4 is 11.9 Å². The number of ether oxygens (including phenoxy) is 1. The lowest BCUT2D eigenvalue weighted by atomic mass is 9.93. The highest BCUT2D eigenvalue weighted by molar-refractivity contribution is 5.82. The second kappa shape index (κ2) is 6.18. The molecule has 1 aliphatic heterocycles. The van der Waals surface area contributed by atoms with Gasteiger partial charge in [0.15, 0.2) is 0 Å². The van der Waals surface area contributed by atoms with Gasteiger partial charge in [-0.05, 0) is 33.6 Å². The normalized spacial score (nSPS) is 17.7. The van der Waals surface area contributed by atoms with Crippen molar-refractivity contribution in [3.63, 3.8) is 0 Å². The number of methoxy groups -OCH3 is 1. The lowest BCUT2D eigenvalue weighted by molar-refractivity contribution is -0.150. The molecule has 1 fully saturated rings. The first-order valence-electron chi connectivity index (χ1n) is 6.49. The lowest BCUT2D eigenvalue weighted by Gasteiger charge is -2.26. The molecular weight excluding hydrogens is 232 g/mol. The van der Waals surface area contributed by atoms with Gasteiger partial charge >= 0.3 is 5.97 Å². The maximum Gasteiger partial charge on any atom is 0.312 e. The van der Waals surface area contributed by atoms with Gasteiger partial charge in [0, 0.05) is 19.6 Å². The van der Waals surface area contributed by atoms with E-state index in [2.05, 4.69) is 5.32 Å². The predicted molar refractivity (Wildman–Crippen MR) is 69.1 cm³/mol. The van der Waals surface area contributed by atoms with Crippen LogP contribution in [-0.2, 0) is 14.3 Å². The minimum absolute atomic E-state index is 0.119. The van der Waals surface area contributed by atoms with Crippen molar-refractivity contribution < 1.29 is 14.3 Å². The maximum absolute atomic E-state index is 12.0. The highest BCUT2D eigenvalue weighted by atomic mass is 16.5. The fourth-order valence-electron chi connectivity index (χ4n) is 2.06. The standard InChI is InChI=1S/C13H24N2O3/c1-10(11(16)15-7-5-6-8-15)14-9-13(2,3)12(17)18-4/h10,14H,5-9H2,1-4H3. The zero-order valence-corrected chi connectivity index (χ0v) is 11.8. The average molecular weight is 256 g/mol. The molecule has 0 aromatic carbocycles. The number of hydrogen-bond acceptors (Lipinski definition) is 4. The molecule has 0 aromatic rings. The number of carbonyl (C=O) groups is 2. The van der Waals surface area contributed by atoms with Crippen LogP contribution in [0, 0.1) is 5.41 Å². The van der Waals surface area contributed by atoms with Crippen molar-refractivity contribution in [2.45, 2.75) is 39.7 Å². The number of likely N-dealkylation sites (tertiary alicyclic amines) is 1. The number of hydrogen-bond donors (Lipinski definition) is 1. The Balaban J connectivity index is 2.42. The van der Waals surface area contributed by atoms with Gasteiger partial charge in [-0.1, -0.05) is 0 Å². The third-order valence-corrected chi connectivity index (χ3v) is 3.38. The Morgan fingerprint density at radius 3 is 2.39 bits per heavy atom. The van der Waals surface area contributed by atoms with Gasteiger partial charge in [0.25, 0.3) is 0 Å². The van der Waals surface area contributed by atoms with Crippen molar-refractivity contribution in [3.8, 4) is 0 Å². The van der Waals surface area contributed by atoms with E-state index in [1.807, 2.05) is 11.8 Å². The fraction of sp³-hybridized carbons (Fsp3) is 0.846. The summed E-state index contributed by atoms with van der Waals surface area (Å²) in [4.78, 5) is 25.4. The molecule has 1 heterocycles. The molecule has 1 unspecified atom stereocenters. The van der Waals surface area contributed by atoms with Gasteiger partial charge in [-0.15, -0.1) is 0 Å². The third kappa shape index (κ3) is 3.70. The topological polar surface area (TPSA) is 58.6 Å². The summed E-state index contributed by atoms with van der Waals surface area (Å²) < 4.78 is 4.73. The van der Waals surface area contributed by atoms with Crippen LogP contribution >= 0.6 is 0 Å². The molecule has 0 radical (unpaired) electrons. The molecule has 0 aromatic heterocycles. The SMILES string of the molecule is COC(=O)C(C)(C)CNC(C)C(=O)N1CCCC1. The molecule has 18 heavy (non-hydrogen) atoms. The van der Waals surface area contributed by atoms with Crippen LogP contribution in [0.2, 0.25) is 0 Å². The Bertz CT molecular complexity index is 309. The van der Waals surface area contributed by atoms with Gasteiger partial charge in [-0.25, -0.2) is 0 Å². The van der Waals surface area contributed by atoms with E-state index in [0.29, 0.717) is 6.54 Å². The van der Waals surface area contributed by atoms with Gasteiger partial charge in [-0.2, -0.15) is 0 Å². The molecule has 1 N–H and O–H groups in total. The maximum atomic E-state index is 12.0. The van der Waals surface area contributed by atoms with Crippen LogP contribution in [0.15, 0.2) is 0 Å². The van der Waals surface area contributed by atoms with Gasteiger partial charge < -0.3 is 15.0 Å². The van der Waals surface area contributed by atoms with Gasteiger partial charge in [0.2, 0.25) is 5.91 Å². The van der Waals surface area contributed by atoms with Gasteiger partial charge in [0.1, 0.15) is 0 Å². The molecule has 0 spiro atoms. The van der Waals surface area contributed by atoms with Crippen molar-refractivity contribution in [1.82, 2.24) is 10.2 Å². The van der Waals surface area contributed by atoms with E-state index in [0.717, 1.165) is 25.9 Å². The monoisotopic (exact) mass is 256 g/mol. The molecule has 0 bridgehead atoms. The highest BCUT2D eigenvalue weighted by Crippen LogP contribution is 2.16. The van der Waals surface area contributed by atoms with Crippen LogP contribution in [0.3, 0.4) is 0 Å². The summed E-state index contributed by atoms with van der Waals surface area (Å²) in [7, 11) is 1.38.